The molecule has 2 aromatic rings. The lowest BCUT2D eigenvalue weighted by Gasteiger charge is -2.23. The number of carbonyl (C=O) groups is 1. The van der Waals surface area contributed by atoms with Crippen LogP contribution in [0.15, 0.2) is 42.6 Å². The summed E-state index contributed by atoms with van der Waals surface area (Å²) in [4.78, 5) is 18.4. The molecular weight excluding hydrogens is 269 g/mol. The molecule has 2 rings (SSSR count). The summed E-state index contributed by atoms with van der Waals surface area (Å²) in [5, 5.41) is 0. The number of aryl methyl sites for hydroxylation is 1. The Balaban J connectivity index is 2.33. The zero-order valence-corrected chi connectivity index (χ0v) is 11.9. The van der Waals surface area contributed by atoms with E-state index in [2.05, 4.69) is 4.98 Å². The molecule has 2 N–H and O–H groups in total. The average Bonchev–Trinajstić information content (AvgIpc) is 2.49. The van der Waals surface area contributed by atoms with Crippen molar-refractivity contribution in [2.45, 2.75) is 13.3 Å². The van der Waals surface area contributed by atoms with Crippen LogP contribution in [0.1, 0.15) is 22.5 Å². The molecule has 0 bridgehead atoms. The van der Waals surface area contributed by atoms with Crippen molar-refractivity contribution in [1.82, 2.24) is 4.98 Å². The van der Waals surface area contributed by atoms with Crippen LogP contribution in [-0.2, 0) is 0 Å². The van der Waals surface area contributed by atoms with Crippen molar-refractivity contribution in [1.29, 1.82) is 0 Å². The predicted molar refractivity (Wildman–Crippen MR) is 80.7 cm³/mol. The number of benzene rings is 1. The molecule has 0 saturated heterocycles. The van der Waals surface area contributed by atoms with E-state index in [-0.39, 0.29) is 11.7 Å². The number of rotatable bonds is 5. The zero-order chi connectivity index (χ0) is 15.2. The van der Waals surface area contributed by atoms with Gasteiger partial charge in [0.05, 0.1) is 0 Å². The molecular formula is C16H18FN3O. The molecule has 1 amide bonds. The number of carbonyl (C=O) groups excluding carboxylic acids is 1. The van der Waals surface area contributed by atoms with Crippen LogP contribution >= 0.6 is 0 Å². The fourth-order valence-electron chi connectivity index (χ4n) is 2.06. The molecule has 0 radical (unpaired) electrons. The summed E-state index contributed by atoms with van der Waals surface area (Å²) in [5.41, 5.74) is 7.38. The Bertz CT molecular complexity index is 613. The van der Waals surface area contributed by atoms with Crippen LogP contribution in [0.25, 0.3) is 0 Å². The minimum absolute atomic E-state index is 0.201. The molecule has 21 heavy (non-hydrogen) atoms. The van der Waals surface area contributed by atoms with Gasteiger partial charge in [0.15, 0.2) is 0 Å². The third-order valence-corrected chi connectivity index (χ3v) is 3.18. The quantitative estimate of drug-likeness (QED) is 0.919. The van der Waals surface area contributed by atoms with Crippen molar-refractivity contribution in [3.63, 3.8) is 0 Å². The summed E-state index contributed by atoms with van der Waals surface area (Å²) in [6.45, 7) is 2.79. The smallest absolute Gasteiger partial charge is 0.277 e. The lowest BCUT2D eigenvalue weighted by molar-refractivity contribution is 0.0981. The first-order valence-corrected chi connectivity index (χ1v) is 6.82. The summed E-state index contributed by atoms with van der Waals surface area (Å²) >= 11 is 0. The second-order valence-corrected chi connectivity index (χ2v) is 4.74. The Morgan fingerprint density at radius 2 is 2.00 bits per heavy atom. The normalized spacial score (nSPS) is 10.4. The fourth-order valence-corrected chi connectivity index (χ4v) is 2.06. The standard InChI is InChI=1S/C16H18FN3O/c1-12-4-2-10-19-15(12)16(21)20(11-3-9-18)14-7-5-13(17)6-8-14/h2,4-8,10H,3,9,11,18H2,1H3. The van der Waals surface area contributed by atoms with Crippen LogP contribution in [-0.4, -0.2) is 24.0 Å². The Labute approximate surface area is 123 Å². The van der Waals surface area contributed by atoms with Gasteiger partial charge in [-0.25, -0.2) is 4.39 Å². The minimum Gasteiger partial charge on any atom is -0.330 e. The maximum Gasteiger partial charge on any atom is 0.277 e. The summed E-state index contributed by atoms with van der Waals surface area (Å²) in [6, 6.07) is 9.47. The molecule has 1 heterocycles. The van der Waals surface area contributed by atoms with E-state index in [0.717, 1.165) is 5.56 Å². The minimum atomic E-state index is -0.334. The molecule has 110 valence electrons. The summed E-state index contributed by atoms with van der Waals surface area (Å²) < 4.78 is 13.1. The lowest BCUT2D eigenvalue weighted by atomic mass is 10.1. The maximum absolute atomic E-state index is 13.1. The Hall–Kier alpha value is -2.27. The van der Waals surface area contributed by atoms with Gasteiger partial charge in [-0.2, -0.15) is 0 Å². The molecule has 1 aromatic carbocycles. The van der Waals surface area contributed by atoms with E-state index in [1.807, 2.05) is 13.0 Å². The van der Waals surface area contributed by atoms with E-state index >= 15 is 0 Å². The molecule has 0 atom stereocenters. The van der Waals surface area contributed by atoms with E-state index in [9.17, 15) is 9.18 Å². The highest BCUT2D eigenvalue weighted by Gasteiger charge is 2.20. The summed E-state index contributed by atoms with van der Waals surface area (Å²) in [7, 11) is 0. The highest BCUT2D eigenvalue weighted by atomic mass is 19.1. The van der Waals surface area contributed by atoms with Crippen molar-refractivity contribution in [3.8, 4) is 0 Å². The van der Waals surface area contributed by atoms with Gasteiger partial charge in [0.25, 0.3) is 5.91 Å². The molecule has 0 fully saturated rings. The maximum atomic E-state index is 13.1. The molecule has 0 aliphatic rings. The number of amides is 1. The first-order chi connectivity index (χ1) is 10.1. The molecule has 5 heteroatoms. The van der Waals surface area contributed by atoms with Gasteiger partial charge < -0.3 is 10.6 Å². The number of nitrogens with two attached hydrogens (primary N) is 1. The predicted octanol–water partition coefficient (Wildman–Crippen LogP) is 2.52. The van der Waals surface area contributed by atoms with Crippen molar-refractivity contribution < 1.29 is 9.18 Å². The van der Waals surface area contributed by atoms with E-state index in [1.54, 1.807) is 29.3 Å². The van der Waals surface area contributed by atoms with Crippen molar-refractivity contribution in [2.75, 3.05) is 18.0 Å². The van der Waals surface area contributed by atoms with Gasteiger partial charge in [0.1, 0.15) is 11.5 Å². The zero-order valence-electron chi connectivity index (χ0n) is 11.9. The van der Waals surface area contributed by atoms with E-state index in [1.165, 1.54) is 12.1 Å². The second kappa shape index (κ2) is 6.95. The summed E-state index contributed by atoms with van der Waals surface area (Å²) in [6.07, 6.45) is 2.25. The number of aromatic nitrogens is 1. The molecule has 0 aliphatic carbocycles. The van der Waals surface area contributed by atoms with Crippen LogP contribution in [0, 0.1) is 12.7 Å². The van der Waals surface area contributed by atoms with Crippen LogP contribution in [0.4, 0.5) is 10.1 Å². The number of hydrogen-bond acceptors (Lipinski definition) is 3. The summed E-state index contributed by atoms with van der Waals surface area (Å²) in [5.74, 6) is -0.535. The van der Waals surface area contributed by atoms with Crippen LogP contribution < -0.4 is 10.6 Å². The van der Waals surface area contributed by atoms with Gasteiger partial charge >= 0.3 is 0 Å². The molecule has 1 aromatic heterocycles. The van der Waals surface area contributed by atoms with Crippen LogP contribution in [0.2, 0.25) is 0 Å². The van der Waals surface area contributed by atoms with Gasteiger partial charge in [-0.15, -0.1) is 0 Å². The van der Waals surface area contributed by atoms with Crippen LogP contribution in [0.5, 0.6) is 0 Å². The third-order valence-electron chi connectivity index (χ3n) is 3.18. The first-order valence-electron chi connectivity index (χ1n) is 6.82. The lowest BCUT2D eigenvalue weighted by Crippen LogP contribution is -2.34. The van der Waals surface area contributed by atoms with Gasteiger partial charge in [-0.3, -0.25) is 9.78 Å². The van der Waals surface area contributed by atoms with Crippen molar-refractivity contribution >= 4 is 11.6 Å². The number of halogens is 1. The van der Waals surface area contributed by atoms with Crippen molar-refractivity contribution in [2.24, 2.45) is 5.73 Å². The van der Waals surface area contributed by atoms with Crippen LogP contribution in [0.3, 0.4) is 0 Å². The van der Waals surface area contributed by atoms with Gasteiger partial charge in [0, 0.05) is 18.4 Å². The second-order valence-electron chi connectivity index (χ2n) is 4.74. The Kier molecular flexibility index (Phi) is 5.00. The van der Waals surface area contributed by atoms with E-state index < -0.39 is 0 Å². The Morgan fingerprint density at radius 1 is 1.29 bits per heavy atom. The largest absolute Gasteiger partial charge is 0.330 e. The molecule has 0 aliphatic heterocycles. The van der Waals surface area contributed by atoms with Gasteiger partial charge in [-0.1, -0.05) is 6.07 Å². The average molecular weight is 287 g/mol. The van der Waals surface area contributed by atoms with E-state index in [0.29, 0.717) is 30.9 Å². The van der Waals surface area contributed by atoms with Gasteiger partial charge in [0.2, 0.25) is 0 Å². The molecule has 4 nitrogen and oxygen atoms in total. The van der Waals surface area contributed by atoms with E-state index in [4.69, 9.17) is 5.73 Å². The Morgan fingerprint density at radius 3 is 2.62 bits per heavy atom. The highest BCUT2D eigenvalue weighted by molar-refractivity contribution is 6.05. The third kappa shape index (κ3) is 3.64. The molecule has 0 unspecified atom stereocenters. The topological polar surface area (TPSA) is 59.2 Å². The number of pyridine rings is 1. The molecule has 0 saturated carbocycles. The number of hydrogen-bond donors (Lipinski definition) is 1. The molecule has 0 spiro atoms. The highest BCUT2D eigenvalue weighted by Crippen LogP contribution is 2.18. The first kappa shape index (κ1) is 15.1. The number of nitrogens with zero attached hydrogens (tertiary/aromatic N) is 2. The van der Waals surface area contributed by atoms with Crippen molar-refractivity contribution in [3.05, 3.63) is 59.7 Å². The van der Waals surface area contributed by atoms with Gasteiger partial charge in [-0.05, 0) is 55.8 Å². The number of anilines is 1. The fraction of sp³-hybridized carbons (Fsp3) is 0.250. The SMILES string of the molecule is Cc1cccnc1C(=O)N(CCCN)c1ccc(F)cc1. The monoisotopic (exact) mass is 287 g/mol.